The fraction of sp³-hybridized carbons (Fsp3) is 0.923. The Kier molecular flexibility index (Phi) is 5.81. The van der Waals surface area contributed by atoms with Gasteiger partial charge in [0.15, 0.2) is 0 Å². The first-order valence-electron chi connectivity index (χ1n) is 6.54. The molecule has 0 radical (unpaired) electrons. The lowest BCUT2D eigenvalue weighted by Gasteiger charge is -2.25. The zero-order valence-electron chi connectivity index (χ0n) is 10.2. The molecule has 2 atom stereocenters. The summed E-state index contributed by atoms with van der Waals surface area (Å²) in [6.45, 7) is 1.89. The number of aliphatic carboxylic acids is 1. The number of carbonyl (C=O) groups is 1. The zero-order chi connectivity index (χ0) is 12.0. The van der Waals surface area contributed by atoms with Gasteiger partial charge in [-0.25, -0.2) is 0 Å². The van der Waals surface area contributed by atoms with Crippen molar-refractivity contribution in [2.75, 3.05) is 0 Å². The van der Waals surface area contributed by atoms with Crippen LogP contribution < -0.4 is 0 Å². The van der Waals surface area contributed by atoms with Crippen LogP contribution in [-0.2, 0) is 4.79 Å². The van der Waals surface area contributed by atoms with Crippen molar-refractivity contribution in [1.82, 2.24) is 0 Å². The summed E-state index contributed by atoms with van der Waals surface area (Å²) in [6, 6.07) is 0. The van der Waals surface area contributed by atoms with Gasteiger partial charge < -0.3 is 10.2 Å². The molecule has 0 aromatic rings. The van der Waals surface area contributed by atoms with Crippen LogP contribution in [-0.4, -0.2) is 22.3 Å². The van der Waals surface area contributed by atoms with Crippen molar-refractivity contribution in [3.63, 3.8) is 0 Å². The molecule has 94 valence electrons. The molecule has 1 fully saturated rings. The highest BCUT2D eigenvalue weighted by molar-refractivity contribution is 5.70. The summed E-state index contributed by atoms with van der Waals surface area (Å²) in [5.74, 6) is -0.518. The van der Waals surface area contributed by atoms with Gasteiger partial charge in [-0.3, -0.25) is 4.79 Å². The fourth-order valence-corrected chi connectivity index (χ4v) is 2.62. The average Bonchev–Trinajstić information content (AvgIpc) is 2.29. The van der Waals surface area contributed by atoms with Crippen LogP contribution in [0.3, 0.4) is 0 Å². The molecule has 3 nitrogen and oxygen atoms in total. The number of carboxylic acids is 1. The highest BCUT2D eigenvalue weighted by Gasteiger charge is 2.25. The Bertz CT molecular complexity index is 209. The smallest absolute Gasteiger partial charge is 0.306 e. The monoisotopic (exact) mass is 228 g/mol. The summed E-state index contributed by atoms with van der Waals surface area (Å²) in [6.07, 6.45) is 7.50. The largest absolute Gasteiger partial charge is 0.481 e. The third-order valence-corrected chi connectivity index (χ3v) is 3.72. The van der Waals surface area contributed by atoms with Gasteiger partial charge in [-0.2, -0.15) is 0 Å². The minimum atomic E-state index is -0.738. The Hall–Kier alpha value is -0.570. The molecule has 0 saturated heterocycles. The molecule has 0 bridgehead atoms. The lowest BCUT2D eigenvalue weighted by atomic mass is 9.81. The predicted molar refractivity (Wildman–Crippen MR) is 63.2 cm³/mol. The van der Waals surface area contributed by atoms with E-state index in [9.17, 15) is 9.90 Å². The van der Waals surface area contributed by atoms with Gasteiger partial charge in [-0.1, -0.05) is 39.0 Å². The molecule has 0 aromatic carbocycles. The minimum Gasteiger partial charge on any atom is -0.481 e. The summed E-state index contributed by atoms with van der Waals surface area (Å²) in [4.78, 5) is 11.1. The third kappa shape index (κ3) is 4.52. The van der Waals surface area contributed by atoms with Crippen molar-refractivity contribution in [3.8, 4) is 0 Å². The SMILES string of the molecule is CC[C@H](O)C[C@@H](CC1CCCCC1)C(=O)O. The second kappa shape index (κ2) is 6.89. The van der Waals surface area contributed by atoms with E-state index in [0.29, 0.717) is 18.8 Å². The van der Waals surface area contributed by atoms with Gasteiger partial charge in [0.1, 0.15) is 0 Å². The van der Waals surface area contributed by atoms with Crippen LogP contribution >= 0.6 is 0 Å². The van der Waals surface area contributed by atoms with E-state index in [0.717, 1.165) is 6.42 Å². The van der Waals surface area contributed by atoms with E-state index in [1.165, 1.54) is 32.1 Å². The summed E-state index contributed by atoms with van der Waals surface area (Å²) in [5.41, 5.74) is 0. The van der Waals surface area contributed by atoms with Crippen molar-refractivity contribution in [2.24, 2.45) is 11.8 Å². The number of aliphatic hydroxyl groups excluding tert-OH is 1. The molecular formula is C13H24O3. The second-order valence-corrected chi connectivity index (χ2v) is 5.07. The molecule has 0 aromatic heterocycles. The van der Waals surface area contributed by atoms with E-state index in [-0.39, 0.29) is 5.92 Å². The van der Waals surface area contributed by atoms with E-state index in [1.807, 2.05) is 6.92 Å². The van der Waals surface area contributed by atoms with E-state index in [2.05, 4.69) is 0 Å². The van der Waals surface area contributed by atoms with Crippen molar-refractivity contribution in [1.29, 1.82) is 0 Å². The molecule has 0 aliphatic heterocycles. The Balaban J connectivity index is 2.40. The van der Waals surface area contributed by atoms with Crippen molar-refractivity contribution in [2.45, 2.75) is 64.4 Å². The van der Waals surface area contributed by atoms with Crippen molar-refractivity contribution < 1.29 is 15.0 Å². The zero-order valence-corrected chi connectivity index (χ0v) is 10.2. The molecule has 1 rings (SSSR count). The van der Waals surface area contributed by atoms with E-state index in [4.69, 9.17) is 5.11 Å². The van der Waals surface area contributed by atoms with Crippen molar-refractivity contribution in [3.05, 3.63) is 0 Å². The van der Waals surface area contributed by atoms with E-state index in [1.54, 1.807) is 0 Å². The topological polar surface area (TPSA) is 57.5 Å². The molecule has 1 aliphatic rings. The molecular weight excluding hydrogens is 204 g/mol. The maximum atomic E-state index is 11.1. The molecule has 0 amide bonds. The van der Waals surface area contributed by atoms with Crippen LogP contribution in [0.15, 0.2) is 0 Å². The maximum Gasteiger partial charge on any atom is 0.306 e. The lowest BCUT2D eigenvalue weighted by molar-refractivity contribution is -0.143. The minimum absolute atomic E-state index is 0.349. The molecule has 3 heteroatoms. The molecule has 1 aliphatic carbocycles. The van der Waals surface area contributed by atoms with Gasteiger partial charge in [-0.05, 0) is 25.2 Å². The first-order valence-corrected chi connectivity index (χ1v) is 6.54. The molecule has 0 spiro atoms. The number of hydrogen-bond donors (Lipinski definition) is 2. The van der Waals surface area contributed by atoms with Gasteiger partial charge in [0, 0.05) is 0 Å². The third-order valence-electron chi connectivity index (χ3n) is 3.72. The van der Waals surface area contributed by atoms with Gasteiger partial charge in [0.2, 0.25) is 0 Å². The van der Waals surface area contributed by atoms with Gasteiger partial charge in [0.05, 0.1) is 12.0 Å². The van der Waals surface area contributed by atoms with E-state index < -0.39 is 12.1 Å². The first-order chi connectivity index (χ1) is 7.63. The number of rotatable bonds is 6. The summed E-state index contributed by atoms with van der Waals surface area (Å²) < 4.78 is 0. The quantitative estimate of drug-likeness (QED) is 0.735. The van der Waals surface area contributed by atoms with Gasteiger partial charge >= 0.3 is 5.97 Å². The van der Waals surface area contributed by atoms with Crippen molar-refractivity contribution >= 4 is 5.97 Å². The number of aliphatic hydroxyl groups is 1. The Morgan fingerprint density at radius 3 is 2.44 bits per heavy atom. The maximum absolute atomic E-state index is 11.1. The Labute approximate surface area is 97.9 Å². The van der Waals surface area contributed by atoms with Crippen LogP contribution in [0.25, 0.3) is 0 Å². The van der Waals surface area contributed by atoms with Crippen LogP contribution in [0.2, 0.25) is 0 Å². The predicted octanol–water partition coefficient (Wildman–Crippen LogP) is 2.82. The Morgan fingerprint density at radius 1 is 1.31 bits per heavy atom. The number of hydrogen-bond acceptors (Lipinski definition) is 2. The normalized spacial score (nSPS) is 21.6. The number of carboxylic acid groups (broad SMARTS) is 1. The van der Waals surface area contributed by atoms with Crippen LogP contribution in [0.5, 0.6) is 0 Å². The molecule has 2 N–H and O–H groups in total. The summed E-state index contributed by atoms with van der Waals surface area (Å²) in [5, 5.41) is 18.7. The van der Waals surface area contributed by atoms with E-state index >= 15 is 0 Å². The molecule has 0 heterocycles. The highest BCUT2D eigenvalue weighted by atomic mass is 16.4. The summed E-state index contributed by atoms with van der Waals surface area (Å²) in [7, 11) is 0. The standard InChI is InChI=1S/C13H24O3/c1-2-12(14)9-11(13(15)16)8-10-6-4-3-5-7-10/h10-12,14H,2-9H2,1H3,(H,15,16)/t11-,12+/m1/s1. The molecule has 1 saturated carbocycles. The summed E-state index contributed by atoms with van der Waals surface area (Å²) >= 11 is 0. The van der Waals surface area contributed by atoms with Crippen LogP contribution in [0, 0.1) is 11.8 Å². The second-order valence-electron chi connectivity index (χ2n) is 5.07. The van der Waals surface area contributed by atoms with Crippen LogP contribution in [0.1, 0.15) is 58.3 Å². The molecule has 0 unspecified atom stereocenters. The highest BCUT2D eigenvalue weighted by Crippen LogP contribution is 2.30. The first kappa shape index (κ1) is 13.5. The Morgan fingerprint density at radius 2 is 1.94 bits per heavy atom. The lowest BCUT2D eigenvalue weighted by Crippen LogP contribution is -2.24. The van der Waals surface area contributed by atoms with Gasteiger partial charge in [-0.15, -0.1) is 0 Å². The molecule has 16 heavy (non-hydrogen) atoms. The average molecular weight is 228 g/mol. The van der Waals surface area contributed by atoms with Gasteiger partial charge in [0.25, 0.3) is 0 Å². The van der Waals surface area contributed by atoms with Crippen LogP contribution in [0.4, 0.5) is 0 Å². The fourth-order valence-electron chi connectivity index (χ4n) is 2.62.